The van der Waals surface area contributed by atoms with Crippen LogP contribution in [0.25, 0.3) is 0 Å². The minimum absolute atomic E-state index is 0.223. The van der Waals surface area contributed by atoms with E-state index in [1.165, 1.54) is 4.90 Å². The van der Waals surface area contributed by atoms with Crippen LogP contribution in [0, 0.1) is 5.92 Å². The summed E-state index contributed by atoms with van der Waals surface area (Å²) in [5.41, 5.74) is 0. The first kappa shape index (κ1) is 6.45. The van der Waals surface area contributed by atoms with Gasteiger partial charge in [0, 0.05) is 13.1 Å². The standard InChI is InChI=1S/C5H7F2NO/c6-5(7)4-1-8(2-4)3-9/h3-5H,1-2H2. The molecule has 0 bridgehead atoms. The molecule has 9 heavy (non-hydrogen) atoms. The molecule has 2 nitrogen and oxygen atoms in total. The number of amides is 1. The van der Waals surface area contributed by atoms with Crippen molar-refractivity contribution in [2.24, 2.45) is 5.92 Å². The second-order valence-corrected chi connectivity index (χ2v) is 2.15. The summed E-state index contributed by atoms with van der Waals surface area (Å²) in [6, 6.07) is 0. The molecule has 0 N–H and O–H groups in total. The van der Waals surface area contributed by atoms with E-state index in [4.69, 9.17) is 0 Å². The lowest BCUT2D eigenvalue weighted by Gasteiger charge is -2.35. The summed E-state index contributed by atoms with van der Waals surface area (Å²) in [5, 5.41) is 0. The quantitative estimate of drug-likeness (QED) is 0.500. The number of nitrogens with zero attached hydrogens (tertiary/aromatic N) is 1. The van der Waals surface area contributed by atoms with Crippen LogP contribution in [0.1, 0.15) is 0 Å². The molecule has 52 valence electrons. The van der Waals surface area contributed by atoms with Gasteiger partial charge in [0.1, 0.15) is 0 Å². The highest BCUT2D eigenvalue weighted by Crippen LogP contribution is 2.20. The Morgan fingerprint density at radius 1 is 1.56 bits per heavy atom. The fourth-order valence-electron chi connectivity index (χ4n) is 0.794. The minimum Gasteiger partial charge on any atom is -0.344 e. The van der Waals surface area contributed by atoms with Crippen LogP contribution >= 0.6 is 0 Å². The van der Waals surface area contributed by atoms with Crippen molar-refractivity contribution in [3.63, 3.8) is 0 Å². The third-order valence-corrected chi connectivity index (χ3v) is 1.44. The van der Waals surface area contributed by atoms with Crippen LogP contribution in [0.3, 0.4) is 0 Å². The Morgan fingerprint density at radius 3 is 2.44 bits per heavy atom. The van der Waals surface area contributed by atoms with E-state index in [1.807, 2.05) is 0 Å². The lowest BCUT2D eigenvalue weighted by Crippen LogP contribution is -2.48. The molecule has 1 heterocycles. The molecule has 4 heteroatoms. The van der Waals surface area contributed by atoms with Crippen molar-refractivity contribution in [2.75, 3.05) is 13.1 Å². The largest absolute Gasteiger partial charge is 0.344 e. The van der Waals surface area contributed by atoms with Gasteiger partial charge in [-0.3, -0.25) is 4.79 Å². The second kappa shape index (κ2) is 2.29. The zero-order chi connectivity index (χ0) is 6.85. The van der Waals surface area contributed by atoms with Crippen molar-refractivity contribution in [3.8, 4) is 0 Å². The van der Waals surface area contributed by atoms with E-state index in [2.05, 4.69) is 0 Å². The Hall–Kier alpha value is -0.670. The van der Waals surface area contributed by atoms with Gasteiger partial charge < -0.3 is 4.90 Å². The highest BCUT2D eigenvalue weighted by molar-refractivity contribution is 5.48. The van der Waals surface area contributed by atoms with Crippen molar-refractivity contribution >= 4 is 6.41 Å². The van der Waals surface area contributed by atoms with Gasteiger partial charge in [-0.15, -0.1) is 0 Å². The van der Waals surface area contributed by atoms with E-state index in [9.17, 15) is 13.6 Å². The van der Waals surface area contributed by atoms with E-state index in [-0.39, 0.29) is 13.1 Å². The topological polar surface area (TPSA) is 20.3 Å². The smallest absolute Gasteiger partial charge is 0.244 e. The second-order valence-electron chi connectivity index (χ2n) is 2.15. The third kappa shape index (κ3) is 1.17. The fourth-order valence-corrected chi connectivity index (χ4v) is 0.794. The van der Waals surface area contributed by atoms with E-state index >= 15 is 0 Å². The van der Waals surface area contributed by atoms with Gasteiger partial charge in [-0.2, -0.15) is 0 Å². The first-order valence-corrected chi connectivity index (χ1v) is 2.71. The molecule has 0 aromatic rings. The minimum atomic E-state index is -2.26. The van der Waals surface area contributed by atoms with Gasteiger partial charge >= 0.3 is 0 Å². The first-order valence-electron chi connectivity index (χ1n) is 2.71. The zero-order valence-electron chi connectivity index (χ0n) is 4.76. The first-order chi connectivity index (χ1) is 4.24. The summed E-state index contributed by atoms with van der Waals surface area (Å²) in [4.78, 5) is 11.2. The molecule has 1 amide bonds. The lowest BCUT2D eigenvalue weighted by molar-refractivity contribution is -0.127. The number of likely N-dealkylation sites (tertiary alicyclic amines) is 1. The van der Waals surface area contributed by atoms with E-state index in [0.717, 1.165) is 0 Å². The van der Waals surface area contributed by atoms with E-state index < -0.39 is 12.3 Å². The SMILES string of the molecule is O=CN1CC(C(F)F)C1. The van der Waals surface area contributed by atoms with Crippen LogP contribution in [0.15, 0.2) is 0 Å². The van der Waals surface area contributed by atoms with Gasteiger partial charge in [-0.25, -0.2) is 8.78 Å². The summed E-state index contributed by atoms with van der Waals surface area (Å²) in [7, 11) is 0. The molecule has 0 unspecified atom stereocenters. The van der Waals surface area contributed by atoms with Gasteiger partial charge in [0.2, 0.25) is 12.8 Å². The molecular formula is C5H7F2NO. The number of halogens is 2. The Balaban J connectivity index is 2.19. The van der Waals surface area contributed by atoms with Crippen molar-refractivity contribution in [1.82, 2.24) is 4.90 Å². The van der Waals surface area contributed by atoms with Crippen LogP contribution in [0.2, 0.25) is 0 Å². The maximum Gasteiger partial charge on any atom is 0.244 e. The number of alkyl halides is 2. The van der Waals surface area contributed by atoms with Crippen molar-refractivity contribution in [2.45, 2.75) is 6.43 Å². The molecule has 0 radical (unpaired) electrons. The molecule has 0 aromatic heterocycles. The molecule has 0 aliphatic carbocycles. The highest BCUT2D eigenvalue weighted by Gasteiger charge is 2.32. The predicted octanol–water partition coefficient (Wildman–Crippen LogP) is 0.340. The van der Waals surface area contributed by atoms with Gasteiger partial charge in [0.05, 0.1) is 5.92 Å². The molecule has 1 aliphatic heterocycles. The van der Waals surface area contributed by atoms with Gasteiger partial charge in [0.15, 0.2) is 0 Å². The predicted molar refractivity (Wildman–Crippen MR) is 27.1 cm³/mol. The molecule has 0 spiro atoms. The molecule has 0 atom stereocenters. The number of hydrogen-bond donors (Lipinski definition) is 0. The Bertz CT molecular complexity index is 112. The fraction of sp³-hybridized carbons (Fsp3) is 0.800. The van der Waals surface area contributed by atoms with Crippen LogP contribution in [-0.2, 0) is 4.79 Å². The molecular weight excluding hydrogens is 128 g/mol. The highest BCUT2D eigenvalue weighted by atomic mass is 19.3. The molecule has 1 aliphatic rings. The summed E-state index contributed by atoms with van der Waals surface area (Å²) in [6.07, 6.45) is -1.67. The van der Waals surface area contributed by atoms with E-state index in [0.29, 0.717) is 6.41 Å². The normalized spacial score (nSPS) is 20.1. The average Bonchev–Trinajstić information content (AvgIpc) is 1.61. The van der Waals surface area contributed by atoms with Crippen LogP contribution in [0.4, 0.5) is 8.78 Å². The van der Waals surface area contributed by atoms with Crippen molar-refractivity contribution in [1.29, 1.82) is 0 Å². The number of hydrogen-bond acceptors (Lipinski definition) is 1. The Labute approximate surface area is 51.4 Å². The molecule has 1 saturated heterocycles. The number of rotatable bonds is 2. The maximum atomic E-state index is 11.6. The summed E-state index contributed by atoms with van der Waals surface area (Å²) in [5.74, 6) is -0.574. The molecule has 1 fully saturated rings. The summed E-state index contributed by atoms with van der Waals surface area (Å²) >= 11 is 0. The number of carbonyl (C=O) groups excluding carboxylic acids is 1. The van der Waals surface area contributed by atoms with Gasteiger partial charge in [-0.1, -0.05) is 0 Å². The van der Waals surface area contributed by atoms with Crippen LogP contribution < -0.4 is 0 Å². The molecule has 0 saturated carbocycles. The Morgan fingerprint density at radius 2 is 2.11 bits per heavy atom. The monoisotopic (exact) mass is 135 g/mol. The zero-order valence-corrected chi connectivity index (χ0v) is 4.76. The molecule has 1 rings (SSSR count). The average molecular weight is 135 g/mol. The van der Waals surface area contributed by atoms with Crippen molar-refractivity contribution < 1.29 is 13.6 Å². The van der Waals surface area contributed by atoms with E-state index in [1.54, 1.807) is 0 Å². The molecule has 0 aromatic carbocycles. The summed E-state index contributed by atoms with van der Waals surface area (Å²) < 4.78 is 23.3. The Kier molecular flexibility index (Phi) is 1.64. The van der Waals surface area contributed by atoms with Crippen molar-refractivity contribution in [3.05, 3.63) is 0 Å². The third-order valence-electron chi connectivity index (χ3n) is 1.44. The summed E-state index contributed by atoms with van der Waals surface area (Å²) in [6.45, 7) is 0.447. The maximum absolute atomic E-state index is 11.6. The van der Waals surface area contributed by atoms with Crippen LogP contribution in [0.5, 0.6) is 0 Å². The van der Waals surface area contributed by atoms with Gasteiger partial charge in [0.25, 0.3) is 0 Å². The number of carbonyl (C=O) groups is 1. The van der Waals surface area contributed by atoms with Gasteiger partial charge in [-0.05, 0) is 0 Å². The van der Waals surface area contributed by atoms with Crippen LogP contribution in [-0.4, -0.2) is 30.8 Å². The lowest BCUT2D eigenvalue weighted by atomic mass is 10.0.